The zero-order valence-corrected chi connectivity index (χ0v) is 24.2. The van der Waals surface area contributed by atoms with Crippen LogP contribution < -0.4 is 4.90 Å². The minimum Gasteiger partial charge on any atom is -0.310 e. The van der Waals surface area contributed by atoms with Gasteiger partial charge in [-0.2, -0.15) is 10.5 Å². The van der Waals surface area contributed by atoms with Crippen LogP contribution in [0.15, 0.2) is 133 Å². The Morgan fingerprint density at radius 1 is 0.500 bits per heavy atom. The zero-order chi connectivity index (χ0) is 30.0. The lowest BCUT2D eigenvalue weighted by Gasteiger charge is -2.27. The van der Waals surface area contributed by atoms with E-state index < -0.39 is 0 Å². The van der Waals surface area contributed by atoms with Crippen molar-refractivity contribution in [1.29, 1.82) is 10.5 Å². The third-order valence-electron chi connectivity index (χ3n) is 8.19. The number of nitriles is 2. The van der Waals surface area contributed by atoms with Crippen LogP contribution in [0.1, 0.15) is 27.8 Å². The van der Waals surface area contributed by atoms with E-state index in [1.165, 1.54) is 16.3 Å². The van der Waals surface area contributed by atoms with Crippen molar-refractivity contribution in [1.82, 2.24) is 0 Å². The summed E-state index contributed by atoms with van der Waals surface area (Å²) < 4.78 is 0. The van der Waals surface area contributed by atoms with Crippen molar-refractivity contribution >= 4 is 61.5 Å². The van der Waals surface area contributed by atoms with Crippen LogP contribution in [0.25, 0.3) is 44.5 Å². The molecule has 0 bridgehead atoms. The monoisotopic (exact) mass is 561 g/mol. The summed E-state index contributed by atoms with van der Waals surface area (Å²) in [6.45, 7) is 2.11. The van der Waals surface area contributed by atoms with Crippen LogP contribution in [-0.4, -0.2) is 0 Å². The second-order valence-corrected chi connectivity index (χ2v) is 10.9. The molecule has 7 rings (SSSR count). The Bertz CT molecular complexity index is 2290. The molecule has 3 nitrogen and oxygen atoms in total. The van der Waals surface area contributed by atoms with Gasteiger partial charge in [-0.25, -0.2) is 0 Å². The molecule has 7 aromatic carbocycles. The molecule has 206 valence electrons. The van der Waals surface area contributed by atoms with E-state index >= 15 is 0 Å². The third kappa shape index (κ3) is 4.74. The third-order valence-corrected chi connectivity index (χ3v) is 8.19. The van der Waals surface area contributed by atoms with Crippen LogP contribution in [-0.2, 0) is 0 Å². The fraction of sp³-hybridized carbons (Fsp3) is 0.0244. The predicted molar refractivity (Wildman–Crippen MR) is 183 cm³/mol. The molecule has 0 spiro atoms. The molecule has 0 aliphatic carbocycles. The van der Waals surface area contributed by atoms with Crippen molar-refractivity contribution in [3.63, 3.8) is 0 Å². The Kier molecular flexibility index (Phi) is 6.84. The predicted octanol–water partition coefficient (Wildman–Crippen LogP) is 10.8. The highest BCUT2D eigenvalue weighted by Crippen LogP contribution is 2.39. The molecule has 44 heavy (non-hydrogen) atoms. The van der Waals surface area contributed by atoms with Crippen LogP contribution in [0.2, 0.25) is 0 Å². The largest absolute Gasteiger partial charge is 0.310 e. The van der Waals surface area contributed by atoms with E-state index in [9.17, 15) is 10.5 Å². The van der Waals surface area contributed by atoms with Crippen molar-refractivity contribution in [2.75, 3.05) is 4.90 Å². The number of fused-ring (bicyclic) bond motifs is 3. The lowest BCUT2D eigenvalue weighted by atomic mass is 9.91. The summed E-state index contributed by atoms with van der Waals surface area (Å²) in [4.78, 5) is 2.30. The number of nitrogens with zero attached hydrogens (tertiary/aromatic N) is 3. The van der Waals surface area contributed by atoms with Crippen LogP contribution in [0.4, 0.5) is 17.1 Å². The fourth-order valence-corrected chi connectivity index (χ4v) is 5.99. The molecule has 0 saturated carbocycles. The van der Waals surface area contributed by atoms with E-state index in [1.807, 2.05) is 42.5 Å². The highest BCUT2D eigenvalue weighted by Gasteiger charge is 2.16. The summed E-state index contributed by atoms with van der Waals surface area (Å²) in [5, 5.41) is 25.6. The molecule has 0 saturated heterocycles. The minimum absolute atomic E-state index is 0.596. The van der Waals surface area contributed by atoms with Gasteiger partial charge in [0, 0.05) is 38.3 Å². The Labute approximate surface area is 256 Å². The van der Waals surface area contributed by atoms with E-state index in [-0.39, 0.29) is 0 Å². The first-order valence-corrected chi connectivity index (χ1v) is 14.6. The Morgan fingerprint density at radius 2 is 1.02 bits per heavy atom. The molecule has 0 aliphatic heterocycles. The molecule has 0 amide bonds. The van der Waals surface area contributed by atoms with E-state index in [0.29, 0.717) is 11.1 Å². The van der Waals surface area contributed by atoms with E-state index in [4.69, 9.17) is 0 Å². The van der Waals surface area contributed by atoms with E-state index in [0.717, 1.165) is 49.7 Å². The SMILES string of the molecule is Cc1ccc(N(c2ccc(C=Cc3ccc4c(C#N)c5ccccc5c(C#N)c4c3)cc2)c2cccc3ccccc23)cc1. The molecule has 0 radical (unpaired) electrons. The summed E-state index contributed by atoms with van der Waals surface area (Å²) in [5.74, 6) is 0. The molecule has 0 atom stereocenters. The van der Waals surface area contributed by atoms with Crippen LogP contribution in [0.5, 0.6) is 0 Å². The Morgan fingerprint density at radius 3 is 1.70 bits per heavy atom. The molecular formula is C41H27N3. The van der Waals surface area contributed by atoms with Crippen LogP contribution in [0, 0.1) is 29.6 Å². The summed E-state index contributed by atoms with van der Waals surface area (Å²) >= 11 is 0. The van der Waals surface area contributed by atoms with Crippen molar-refractivity contribution in [3.05, 3.63) is 161 Å². The van der Waals surface area contributed by atoms with E-state index in [2.05, 4.69) is 127 Å². The zero-order valence-electron chi connectivity index (χ0n) is 24.2. The molecule has 0 aromatic heterocycles. The van der Waals surface area contributed by atoms with Gasteiger partial charge in [0.05, 0.1) is 16.8 Å². The smallest absolute Gasteiger partial charge is 0.100 e. The first-order chi connectivity index (χ1) is 21.6. The van der Waals surface area contributed by atoms with Gasteiger partial charge in [0.25, 0.3) is 0 Å². The van der Waals surface area contributed by atoms with Gasteiger partial charge >= 0.3 is 0 Å². The number of hydrogen-bond acceptors (Lipinski definition) is 3. The first-order valence-electron chi connectivity index (χ1n) is 14.6. The average molecular weight is 562 g/mol. The molecular weight excluding hydrogens is 534 g/mol. The van der Waals surface area contributed by atoms with Gasteiger partial charge in [0.1, 0.15) is 12.1 Å². The van der Waals surface area contributed by atoms with Gasteiger partial charge in [0.2, 0.25) is 0 Å². The quantitative estimate of drug-likeness (QED) is 0.155. The molecule has 3 heteroatoms. The van der Waals surface area contributed by atoms with Gasteiger partial charge in [-0.3, -0.25) is 0 Å². The fourth-order valence-electron chi connectivity index (χ4n) is 5.99. The Hall–Kier alpha value is -6.16. The molecule has 0 fully saturated rings. The highest BCUT2D eigenvalue weighted by atomic mass is 15.1. The maximum Gasteiger partial charge on any atom is 0.100 e. The van der Waals surface area contributed by atoms with Crippen molar-refractivity contribution in [3.8, 4) is 12.1 Å². The minimum atomic E-state index is 0.596. The van der Waals surface area contributed by atoms with Gasteiger partial charge in [-0.15, -0.1) is 0 Å². The van der Waals surface area contributed by atoms with Crippen molar-refractivity contribution in [2.45, 2.75) is 6.92 Å². The van der Waals surface area contributed by atoms with Crippen molar-refractivity contribution in [2.24, 2.45) is 0 Å². The van der Waals surface area contributed by atoms with Crippen LogP contribution in [0.3, 0.4) is 0 Å². The lowest BCUT2D eigenvalue weighted by Crippen LogP contribution is -2.10. The number of rotatable bonds is 5. The molecule has 0 aliphatic rings. The normalized spacial score (nSPS) is 11.2. The number of hydrogen-bond donors (Lipinski definition) is 0. The molecule has 0 N–H and O–H groups in total. The summed E-state index contributed by atoms with van der Waals surface area (Å²) in [7, 11) is 0. The topological polar surface area (TPSA) is 50.8 Å². The van der Waals surface area contributed by atoms with Crippen LogP contribution >= 0.6 is 0 Å². The van der Waals surface area contributed by atoms with Gasteiger partial charge < -0.3 is 4.90 Å². The summed E-state index contributed by atoms with van der Waals surface area (Å²) in [6.07, 6.45) is 4.14. The number of benzene rings is 7. The van der Waals surface area contributed by atoms with Gasteiger partial charge in [0.15, 0.2) is 0 Å². The standard InChI is InChI=1S/C41H27N3/c1-28-13-20-32(21-14-28)44(41-12-6-8-31-7-2-3-9-34(31)41)33-22-17-29(18-23-33)15-16-30-19-24-37-38(25-30)40(27-43)36-11-5-4-10-35(36)39(37)26-42/h2-25H,1H3. The van der Waals surface area contributed by atoms with Gasteiger partial charge in [-0.05, 0) is 59.8 Å². The molecule has 0 heterocycles. The maximum atomic E-state index is 10.0. The second-order valence-electron chi connectivity index (χ2n) is 10.9. The lowest BCUT2D eigenvalue weighted by molar-refractivity contribution is 1.29. The first kappa shape index (κ1) is 26.7. The summed E-state index contributed by atoms with van der Waals surface area (Å²) in [6, 6.07) is 50.4. The van der Waals surface area contributed by atoms with E-state index in [1.54, 1.807) is 0 Å². The summed E-state index contributed by atoms with van der Waals surface area (Å²) in [5.41, 5.74) is 7.75. The number of anilines is 3. The molecule has 7 aromatic rings. The average Bonchev–Trinajstić information content (AvgIpc) is 3.07. The highest BCUT2D eigenvalue weighted by molar-refractivity contribution is 6.10. The van der Waals surface area contributed by atoms with Gasteiger partial charge in [-0.1, -0.05) is 115 Å². The number of aryl methyl sites for hydroxylation is 1. The Balaban J connectivity index is 1.26. The maximum absolute atomic E-state index is 10.0. The second kappa shape index (κ2) is 11.3. The molecule has 0 unspecified atom stereocenters. The van der Waals surface area contributed by atoms with Crippen molar-refractivity contribution < 1.29 is 0 Å².